The van der Waals surface area contributed by atoms with Crippen molar-refractivity contribution in [1.29, 1.82) is 0 Å². The highest BCUT2D eigenvalue weighted by Crippen LogP contribution is 2.19. The molecule has 0 amide bonds. The fraction of sp³-hybridized carbons (Fsp3) is 0.111. The van der Waals surface area contributed by atoms with E-state index in [1.54, 1.807) is 24.3 Å². The van der Waals surface area contributed by atoms with Crippen molar-refractivity contribution in [3.63, 3.8) is 0 Å². The molecule has 0 aliphatic carbocycles. The van der Waals surface area contributed by atoms with Gasteiger partial charge in [-0.15, -0.1) is 0 Å². The van der Waals surface area contributed by atoms with Crippen LogP contribution >= 0.6 is 0 Å². The maximum absolute atomic E-state index is 12.0. The lowest BCUT2D eigenvalue weighted by Crippen LogP contribution is -2.22. The Hall–Kier alpha value is -3.88. The Morgan fingerprint density at radius 2 is 1.96 bits per heavy atom. The molecule has 9 nitrogen and oxygen atoms in total. The van der Waals surface area contributed by atoms with E-state index in [1.807, 2.05) is 0 Å². The van der Waals surface area contributed by atoms with Crippen LogP contribution in [0.2, 0.25) is 0 Å². The number of hydrogen-bond donors (Lipinski definition) is 0. The van der Waals surface area contributed by atoms with E-state index in [2.05, 4.69) is 9.79 Å². The molecule has 0 N–H and O–H groups in total. The van der Waals surface area contributed by atoms with Gasteiger partial charge in [0.15, 0.2) is 0 Å². The second kappa shape index (κ2) is 6.79. The van der Waals surface area contributed by atoms with Crippen molar-refractivity contribution in [2.24, 2.45) is 0 Å². The van der Waals surface area contributed by atoms with Gasteiger partial charge >= 0.3 is 11.6 Å². The number of carbonyl (C=O) groups excluding carboxylic acids is 1. The van der Waals surface area contributed by atoms with Crippen LogP contribution in [-0.2, 0) is 4.74 Å². The molecule has 0 saturated carbocycles. The molecule has 0 radical (unpaired) electrons. The van der Waals surface area contributed by atoms with Crippen molar-refractivity contribution in [2.45, 2.75) is 0 Å². The summed E-state index contributed by atoms with van der Waals surface area (Å²) in [5, 5.41) is 15.6. The third kappa shape index (κ3) is 3.43. The average Bonchev–Trinajstić information content (AvgIpc) is 3.05. The smallest absolute Gasteiger partial charge is 0.338 e. The van der Waals surface area contributed by atoms with Crippen LogP contribution in [0.1, 0.15) is 10.4 Å². The highest BCUT2D eigenvalue weighted by atomic mass is 16.8. The van der Waals surface area contributed by atoms with Crippen molar-refractivity contribution in [2.75, 3.05) is 13.2 Å². The SMILES string of the molecule is O=C(OCCOc1ccc2ccc(=O)oc2c1)c1ccc2c(c1)no[n+]2[O-]. The maximum atomic E-state index is 12.0. The molecule has 2 aromatic carbocycles. The molecule has 0 aliphatic rings. The first-order valence-corrected chi connectivity index (χ1v) is 7.93. The van der Waals surface area contributed by atoms with E-state index in [0.29, 0.717) is 11.3 Å². The van der Waals surface area contributed by atoms with E-state index in [9.17, 15) is 14.8 Å². The molecule has 2 aromatic heterocycles. The Kier molecular flexibility index (Phi) is 4.17. The largest absolute Gasteiger partial charge is 0.490 e. The van der Waals surface area contributed by atoms with Gasteiger partial charge in [-0.25, -0.2) is 9.59 Å². The molecule has 0 fully saturated rings. The van der Waals surface area contributed by atoms with E-state index in [4.69, 9.17) is 13.9 Å². The van der Waals surface area contributed by atoms with Gasteiger partial charge in [-0.1, -0.05) is 0 Å². The van der Waals surface area contributed by atoms with Gasteiger partial charge in [0.25, 0.3) is 0 Å². The zero-order chi connectivity index (χ0) is 18.8. The molecule has 9 heteroatoms. The van der Waals surface area contributed by atoms with Crippen LogP contribution in [0, 0.1) is 5.21 Å². The van der Waals surface area contributed by atoms with E-state index in [1.165, 1.54) is 24.3 Å². The molecular formula is C18H12N2O7. The number of aromatic nitrogens is 2. The van der Waals surface area contributed by atoms with E-state index in [-0.39, 0.29) is 34.7 Å². The third-order valence-electron chi connectivity index (χ3n) is 3.80. The van der Waals surface area contributed by atoms with Gasteiger partial charge in [-0.3, -0.25) is 4.63 Å². The highest BCUT2D eigenvalue weighted by molar-refractivity contribution is 5.92. The molecule has 4 rings (SSSR count). The minimum absolute atomic E-state index is 0.00795. The van der Waals surface area contributed by atoms with Gasteiger partial charge in [0.1, 0.15) is 24.5 Å². The third-order valence-corrected chi connectivity index (χ3v) is 3.80. The summed E-state index contributed by atoms with van der Waals surface area (Å²) in [5.74, 6) is -0.0950. The van der Waals surface area contributed by atoms with E-state index in [0.717, 1.165) is 5.39 Å². The maximum Gasteiger partial charge on any atom is 0.338 e. The quantitative estimate of drug-likeness (QED) is 0.226. The van der Waals surface area contributed by atoms with E-state index < -0.39 is 11.6 Å². The van der Waals surface area contributed by atoms with Crippen molar-refractivity contribution in [3.8, 4) is 5.75 Å². The lowest BCUT2D eigenvalue weighted by molar-refractivity contribution is -0.782. The second-order valence-corrected chi connectivity index (χ2v) is 5.57. The topological polar surface area (TPSA) is 119 Å². The van der Waals surface area contributed by atoms with Crippen LogP contribution in [0.3, 0.4) is 0 Å². The zero-order valence-corrected chi connectivity index (χ0v) is 13.8. The summed E-state index contributed by atoms with van der Waals surface area (Å²) in [6.45, 7) is 0.120. The molecular weight excluding hydrogens is 356 g/mol. The zero-order valence-electron chi connectivity index (χ0n) is 13.8. The minimum atomic E-state index is -0.578. The predicted molar refractivity (Wildman–Crippen MR) is 91.2 cm³/mol. The summed E-state index contributed by atoms with van der Waals surface area (Å²) < 4.78 is 20.2. The molecule has 0 aliphatic heterocycles. The Morgan fingerprint density at radius 1 is 1.11 bits per heavy atom. The first-order valence-electron chi connectivity index (χ1n) is 7.93. The molecule has 0 atom stereocenters. The monoisotopic (exact) mass is 368 g/mol. The molecule has 136 valence electrons. The Balaban J connectivity index is 1.35. The van der Waals surface area contributed by atoms with Crippen LogP contribution in [0.15, 0.2) is 62.4 Å². The summed E-state index contributed by atoms with van der Waals surface area (Å²) in [4.78, 5) is 23.6. The second-order valence-electron chi connectivity index (χ2n) is 5.57. The first-order chi connectivity index (χ1) is 13.1. The summed E-state index contributed by atoms with van der Waals surface area (Å²) in [6, 6.07) is 12.4. The highest BCUT2D eigenvalue weighted by Gasteiger charge is 2.14. The number of carbonyl (C=O) groups is 1. The summed E-state index contributed by atoms with van der Waals surface area (Å²) in [7, 11) is 0. The number of esters is 1. The fourth-order valence-corrected chi connectivity index (χ4v) is 2.51. The standard InChI is InChI=1S/C18H12N2O7/c21-17-6-3-11-1-4-13(10-16(11)26-17)24-7-8-25-18(22)12-2-5-15-14(9-12)19-27-20(15)23/h1-6,9-10H,7-8H2. The first kappa shape index (κ1) is 16.6. The van der Waals surface area contributed by atoms with Gasteiger partial charge in [-0.05, 0) is 35.2 Å². The van der Waals surface area contributed by atoms with E-state index >= 15 is 0 Å². The van der Waals surface area contributed by atoms with Gasteiger partial charge in [0, 0.05) is 28.7 Å². The van der Waals surface area contributed by atoms with Gasteiger partial charge in [0.05, 0.1) is 5.56 Å². The Bertz CT molecular complexity index is 1200. The van der Waals surface area contributed by atoms with Gasteiger partial charge in [0.2, 0.25) is 11.0 Å². The summed E-state index contributed by atoms with van der Waals surface area (Å²) in [5.41, 5.74) is 0.684. The van der Waals surface area contributed by atoms with Gasteiger partial charge < -0.3 is 19.1 Å². The van der Waals surface area contributed by atoms with Crippen LogP contribution < -0.4 is 15.3 Å². The summed E-state index contributed by atoms with van der Waals surface area (Å²) in [6.07, 6.45) is 0. The molecule has 0 unspecified atom stereocenters. The lowest BCUT2D eigenvalue weighted by atomic mass is 10.2. The van der Waals surface area contributed by atoms with Crippen molar-refractivity contribution >= 4 is 28.0 Å². The number of fused-ring (bicyclic) bond motifs is 2. The Morgan fingerprint density at radius 3 is 2.85 bits per heavy atom. The lowest BCUT2D eigenvalue weighted by Gasteiger charge is -2.08. The molecule has 0 bridgehead atoms. The molecule has 0 saturated heterocycles. The fourth-order valence-electron chi connectivity index (χ4n) is 2.51. The van der Waals surface area contributed by atoms with Crippen LogP contribution in [0.4, 0.5) is 0 Å². The normalized spacial score (nSPS) is 11.0. The average molecular weight is 368 g/mol. The number of hydrogen-bond acceptors (Lipinski definition) is 8. The number of ether oxygens (including phenoxy) is 2. The molecule has 0 spiro atoms. The van der Waals surface area contributed by atoms with Crippen molar-refractivity contribution < 1.29 is 28.2 Å². The number of rotatable bonds is 5. The molecule has 2 heterocycles. The minimum Gasteiger partial charge on any atom is -0.490 e. The van der Waals surface area contributed by atoms with Crippen molar-refractivity contribution in [1.82, 2.24) is 5.16 Å². The van der Waals surface area contributed by atoms with Crippen molar-refractivity contribution in [3.05, 3.63) is 69.7 Å². The summed E-state index contributed by atoms with van der Waals surface area (Å²) >= 11 is 0. The van der Waals surface area contributed by atoms with Gasteiger partial charge in [-0.2, -0.15) is 0 Å². The van der Waals surface area contributed by atoms with Crippen LogP contribution in [0.5, 0.6) is 5.75 Å². The number of benzene rings is 2. The molecule has 27 heavy (non-hydrogen) atoms. The van der Waals surface area contributed by atoms with Crippen LogP contribution in [-0.4, -0.2) is 24.3 Å². The Labute approximate surface area is 150 Å². The van der Waals surface area contributed by atoms with Crippen LogP contribution in [0.25, 0.3) is 22.0 Å². The molecule has 4 aromatic rings. The predicted octanol–water partition coefficient (Wildman–Crippen LogP) is 1.80. The number of nitrogens with zero attached hydrogens (tertiary/aromatic N) is 2.